The zero-order valence-corrected chi connectivity index (χ0v) is 17.0. The molecule has 0 aliphatic carbocycles. The molecule has 0 saturated carbocycles. The molecule has 156 valence electrons. The zero-order chi connectivity index (χ0) is 20.4. The fourth-order valence-corrected chi connectivity index (χ4v) is 4.86. The van der Waals surface area contributed by atoms with E-state index < -0.39 is 0 Å². The molecule has 3 aliphatic rings. The lowest BCUT2D eigenvalue weighted by Gasteiger charge is -2.41. The molecule has 1 N–H and O–H groups in total. The first-order chi connectivity index (χ1) is 14.0. The maximum atomic E-state index is 13.2. The largest absolute Gasteiger partial charge is 0.340 e. The molecule has 29 heavy (non-hydrogen) atoms. The van der Waals surface area contributed by atoms with Crippen LogP contribution in [0.25, 0.3) is 0 Å². The molecule has 0 bridgehead atoms. The summed E-state index contributed by atoms with van der Waals surface area (Å²) in [6.45, 7) is 5.69. The summed E-state index contributed by atoms with van der Waals surface area (Å²) >= 11 is 0. The van der Waals surface area contributed by atoms with Gasteiger partial charge in [0.05, 0.1) is 18.5 Å². The molecular formula is C22H30N4O3. The van der Waals surface area contributed by atoms with Crippen LogP contribution in [0.1, 0.15) is 37.8 Å². The fraction of sp³-hybridized carbons (Fsp3) is 0.591. The SMILES string of the molecule is CC(c1ccccc1)N1CC(C(=O)N2CCCC(N3CCNCC3=O)C2)CC1=O. The Labute approximate surface area is 172 Å². The van der Waals surface area contributed by atoms with Gasteiger partial charge in [0.15, 0.2) is 0 Å². The Morgan fingerprint density at radius 1 is 1.10 bits per heavy atom. The number of carbonyl (C=O) groups excluding carboxylic acids is 3. The summed E-state index contributed by atoms with van der Waals surface area (Å²) in [5.74, 6) is -0.0560. The smallest absolute Gasteiger partial charge is 0.236 e. The highest BCUT2D eigenvalue weighted by atomic mass is 16.2. The summed E-state index contributed by atoms with van der Waals surface area (Å²) < 4.78 is 0. The average molecular weight is 399 g/mol. The van der Waals surface area contributed by atoms with Crippen molar-refractivity contribution >= 4 is 17.7 Å². The summed E-state index contributed by atoms with van der Waals surface area (Å²) in [6, 6.07) is 10.0. The van der Waals surface area contributed by atoms with Gasteiger partial charge < -0.3 is 20.0 Å². The Kier molecular flexibility index (Phi) is 5.85. The molecular weight excluding hydrogens is 368 g/mol. The second kappa shape index (κ2) is 8.53. The van der Waals surface area contributed by atoms with E-state index in [1.54, 1.807) is 0 Å². The van der Waals surface area contributed by atoms with Gasteiger partial charge in [-0.2, -0.15) is 0 Å². The minimum atomic E-state index is -0.286. The van der Waals surface area contributed by atoms with Crippen molar-refractivity contribution in [1.29, 1.82) is 0 Å². The number of piperazine rings is 1. The Hall–Kier alpha value is -2.41. The first-order valence-electron chi connectivity index (χ1n) is 10.7. The summed E-state index contributed by atoms with van der Waals surface area (Å²) in [4.78, 5) is 43.7. The molecule has 0 spiro atoms. The van der Waals surface area contributed by atoms with E-state index in [4.69, 9.17) is 0 Å². The van der Waals surface area contributed by atoms with Crippen LogP contribution in [0.5, 0.6) is 0 Å². The molecule has 0 aromatic heterocycles. The van der Waals surface area contributed by atoms with Crippen LogP contribution < -0.4 is 5.32 Å². The maximum Gasteiger partial charge on any atom is 0.236 e. The number of rotatable bonds is 4. The molecule has 3 aliphatic heterocycles. The third-order valence-corrected chi connectivity index (χ3v) is 6.53. The molecule has 7 heteroatoms. The van der Waals surface area contributed by atoms with Crippen LogP contribution in [0, 0.1) is 5.92 Å². The van der Waals surface area contributed by atoms with Gasteiger partial charge in [-0.3, -0.25) is 14.4 Å². The second-order valence-corrected chi connectivity index (χ2v) is 8.38. The standard InChI is InChI=1S/C22H30N4O3/c1-16(17-6-3-2-4-7-17)26-14-18(12-20(26)27)22(29)24-10-5-8-19(15-24)25-11-9-23-13-21(25)28/h2-4,6-7,16,18-19,23H,5,8-15H2,1H3. The highest BCUT2D eigenvalue weighted by Gasteiger charge is 2.40. The molecule has 1 aromatic carbocycles. The van der Waals surface area contributed by atoms with Crippen LogP contribution >= 0.6 is 0 Å². The van der Waals surface area contributed by atoms with E-state index in [9.17, 15) is 14.4 Å². The number of hydrogen-bond donors (Lipinski definition) is 1. The van der Waals surface area contributed by atoms with E-state index >= 15 is 0 Å². The molecule has 3 heterocycles. The van der Waals surface area contributed by atoms with Gasteiger partial charge in [-0.05, 0) is 25.3 Å². The van der Waals surface area contributed by atoms with Crippen LogP contribution in [-0.2, 0) is 14.4 Å². The van der Waals surface area contributed by atoms with E-state index in [1.165, 1.54) is 0 Å². The van der Waals surface area contributed by atoms with Gasteiger partial charge in [0.25, 0.3) is 0 Å². The van der Waals surface area contributed by atoms with Gasteiger partial charge in [0.2, 0.25) is 17.7 Å². The van der Waals surface area contributed by atoms with Crippen molar-refractivity contribution in [3.05, 3.63) is 35.9 Å². The Bertz CT molecular complexity index is 769. The minimum absolute atomic E-state index is 0.0333. The van der Waals surface area contributed by atoms with Gasteiger partial charge in [0.1, 0.15) is 0 Å². The van der Waals surface area contributed by atoms with Crippen LogP contribution in [-0.4, -0.2) is 77.7 Å². The van der Waals surface area contributed by atoms with Crippen LogP contribution in [0.3, 0.4) is 0 Å². The third kappa shape index (κ3) is 4.15. The Balaban J connectivity index is 1.39. The summed E-state index contributed by atoms with van der Waals surface area (Å²) in [7, 11) is 0. The van der Waals surface area contributed by atoms with Gasteiger partial charge >= 0.3 is 0 Å². The first kappa shape index (κ1) is 19.9. The number of amides is 3. The zero-order valence-electron chi connectivity index (χ0n) is 17.0. The molecule has 1 aromatic rings. The molecule has 7 nitrogen and oxygen atoms in total. The van der Waals surface area contributed by atoms with Crippen molar-refractivity contribution in [2.45, 2.75) is 38.3 Å². The Morgan fingerprint density at radius 3 is 2.66 bits per heavy atom. The highest BCUT2D eigenvalue weighted by molar-refractivity contribution is 5.89. The number of nitrogens with one attached hydrogen (secondary N) is 1. The van der Waals surface area contributed by atoms with Gasteiger partial charge in [-0.15, -0.1) is 0 Å². The van der Waals surface area contributed by atoms with E-state index in [2.05, 4.69) is 5.32 Å². The average Bonchev–Trinajstić information content (AvgIpc) is 3.15. The van der Waals surface area contributed by atoms with Crippen LogP contribution in [0.4, 0.5) is 0 Å². The topological polar surface area (TPSA) is 73.0 Å². The number of piperidine rings is 1. The quantitative estimate of drug-likeness (QED) is 0.822. The Morgan fingerprint density at radius 2 is 1.90 bits per heavy atom. The van der Waals surface area contributed by atoms with Gasteiger partial charge in [0, 0.05) is 45.2 Å². The molecule has 4 rings (SSSR count). The summed E-state index contributed by atoms with van der Waals surface area (Å²) in [6.07, 6.45) is 2.12. The molecule has 3 atom stereocenters. The number of benzene rings is 1. The maximum absolute atomic E-state index is 13.2. The van der Waals surface area contributed by atoms with Crippen molar-refractivity contribution < 1.29 is 14.4 Å². The molecule has 0 radical (unpaired) electrons. The molecule has 3 fully saturated rings. The van der Waals surface area contributed by atoms with Crippen LogP contribution in [0.2, 0.25) is 0 Å². The first-order valence-corrected chi connectivity index (χ1v) is 10.7. The fourth-order valence-electron chi connectivity index (χ4n) is 4.86. The summed E-state index contributed by atoms with van der Waals surface area (Å²) in [5, 5.41) is 3.10. The van der Waals surface area contributed by atoms with Crippen molar-refractivity contribution in [1.82, 2.24) is 20.0 Å². The van der Waals surface area contributed by atoms with Crippen molar-refractivity contribution in [3.8, 4) is 0 Å². The monoisotopic (exact) mass is 398 g/mol. The number of likely N-dealkylation sites (tertiary alicyclic amines) is 2. The van der Waals surface area contributed by atoms with E-state index in [0.29, 0.717) is 32.7 Å². The lowest BCUT2D eigenvalue weighted by molar-refractivity contribution is -0.142. The third-order valence-electron chi connectivity index (χ3n) is 6.53. The number of carbonyl (C=O) groups is 3. The molecule has 3 unspecified atom stereocenters. The summed E-state index contributed by atoms with van der Waals surface area (Å²) in [5.41, 5.74) is 1.09. The molecule has 3 amide bonds. The predicted molar refractivity (Wildman–Crippen MR) is 109 cm³/mol. The van der Waals surface area contributed by atoms with Gasteiger partial charge in [-0.1, -0.05) is 30.3 Å². The van der Waals surface area contributed by atoms with Crippen molar-refractivity contribution in [2.75, 3.05) is 39.3 Å². The predicted octanol–water partition coefficient (Wildman–Crippen LogP) is 1.02. The number of hydrogen-bond acceptors (Lipinski definition) is 4. The lowest BCUT2D eigenvalue weighted by Crippen LogP contribution is -2.58. The van der Waals surface area contributed by atoms with E-state index in [1.807, 2.05) is 52.0 Å². The molecule has 3 saturated heterocycles. The second-order valence-electron chi connectivity index (χ2n) is 8.38. The van der Waals surface area contributed by atoms with E-state index in [0.717, 1.165) is 24.9 Å². The highest BCUT2D eigenvalue weighted by Crippen LogP contribution is 2.30. The van der Waals surface area contributed by atoms with E-state index in [-0.39, 0.29) is 42.1 Å². The minimum Gasteiger partial charge on any atom is -0.340 e. The van der Waals surface area contributed by atoms with Crippen LogP contribution in [0.15, 0.2) is 30.3 Å². The normalized spacial score (nSPS) is 26.7. The van der Waals surface area contributed by atoms with Crippen molar-refractivity contribution in [3.63, 3.8) is 0 Å². The number of nitrogens with zero attached hydrogens (tertiary/aromatic N) is 3. The van der Waals surface area contributed by atoms with Crippen molar-refractivity contribution in [2.24, 2.45) is 5.92 Å². The van der Waals surface area contributed by atoms with Gasteiger partial charge in [-0.25, -0.2) is 0 Å². The lowest BCUT2D eigenvalue weighted by atomic mass is 10.00.